The zero-order valence-electron chi connectivity index (χ0n) is 17.4. The maximum absolute atomic E-state index is 12.9. The Morgan fingerprint density at radius 3 is 2.84 bits per heavy atom. The van der Waals surface area contributed by atoms with Gasteiger partial charge in [0.15, 0.2) is 5.69 Å². The maximum atomic E-state index is 12.9. The van der Waals surface area contributed by atoms with Gasteiger partial charge in [0.25, 0.3) is 11.8 Å². The van der Waals surface area contributed by atoms with Crippen molar-refractivity contribution in [1.29, 1.82) is 0 Å². The highest BCUT2D eigenvalue weighted by molar-refractivity contribution is 6.06. The minimum absolute atomic E-state index is 0.218. The van der Waals surface area contributed by atoms with E-state index in [0.717, 1.165) is 27.6 Å². The van der Waals surface area contributed by atoms with Gasteiger partial charge in [-0.25, -0.2) is 0 Å². The topological polar surface area (TPSA) is 124 Å². The number of carbonyl (C=O) groups excluding carboxylic acids is 4. The lowest BCUT2D eigenvalue weighted by Crippen LogP contribution is -2.52. The molecule has 0 spiro atoms. The van der Waals surface area contributed by atoms with E-state index in [4.69, 9.17) is 0 Å². The van der Waals surface area contributed by atoms with Gasteiger partial charge >= 0.3 is 0 Å². The van der Waals surface area contributed by atoms with Gasteiger partial charge in [-0.05, 0) is 42.2 Å². The van der Waals surface area contributed by atoms with Gasteiger partial charge in [0.05, 0.1) is 5.52 Å². The van der Waals surface area contributed by atoms with E-state index in [1.807, 2.05) is 37.3 Å². The molecule has 1 fully saturated rings. The summed E-state index contributed by atoms with van der Waals surface area (Å²) in [7, 11) is 0. The van der Waals surface area contributed by atoms with E-state index >= 15 is 0 Å². The molecular weight excluding hydrogens is 410 g/mol. The Morgan fingerprint density at radius 2 is 2.03 bits per heavy atom. The molecule has 3 heterocycles. The summed E-state index contributed by atoms with van der Waals surface area (Å²) in [5.41, 5.74) is 4.30. The standard InChI is InChI=1S/C23H21N5O4/c1-12-2-5-15-17(8-12)26-27-20(15)22(31)24-10-13-3-4-14-11-28(23(32)16(14)9-13)18-6-7-19(29)25-21(18)30/h2-5,8-9,18H,6-7,10-11H2,1H3,(H,24,31)(H,26,27)(H,25,29,30). The molecule has 2 aliphatic heterocycles. The molecule has 1 aromatic heterocycles. The van der Waals surface area contributed by atoms with Gasteiger partial charge in [-0.2, -0.15) is 5.10 Å². The van der Waals surface area contributed by atoms with Crippen molar-refractivity contribution in [2.75, 3.05) is 0 Å². The first-order valence-electron chi connectivity index (χ1n) is 10.4. The lowest BCUT2D eigenvalue weighted by atomic mass is 10.0. The largest absolute Gasteiger partial charge is 0.347 e. The fourth-order valence-electron chi connectivity index (χ4n) is 4.28. The summed E-state index contributed by atoms with van der Waals surface area (Å²) in [5, 5.41) is 12.9. The van der Waals surface area contributed by atoms with E-state index in [1.54, 1.807) is 6.07 Å². The number of nitrogens with zero attached hydrogens (tertiary/aromatic N) is 2. The highest BCUT2D eigenvalue weighted by Crippen LogP contribution is 2.28. The fourth-order valence-corrected chi connectivity index (χ4v) is 4.28. The second kappa shape index (κ2) is 7.60. The smallest absolute Gasteiger partial charge is 0.272 e. The Kier molecular flexibility index (Phi) is 4.73. The van der Waals surface area contributed by atoms with Crippen LogP contribution in [-0.2, 0) is 22.7 Å². The average Bonchev–Trinajstić information content (AvgIpc) is 3.33. The van der Waals surface area contributed by atoms with Crippen LogP contribution in [0.5, 0.6) is 0 Å². The predicted molar refractivity (Wildman–Crippen MR) is 114 cm³/mol. The van der Waals surface area contributed by atoms with Crippen molar-refractivity contribution in [2.24, 2.45) is 0 Å². The van der Waals surface area contributed by atoms with Gasteiger partial charge in [0.2, 0.25) is 11.8 Å². The molecule has 1 atom stereocenters. The first-order valence-corrected chi connectivity index (χ1v) is 10.4. The molecule has 0 saturated carbocycles. The number of aromatic nitrogens is 2. The highest BCUT2D eigenvalue weighted by Gasteiger charge is 2.39. The van der Waals surface area contributed by atoms with Crippen LogP contribution in [0, 0.1) is 6.92 Å². The van der Waals surface area contributed by atoms with Crippen molar-refractivity contribution in [1.82, 2.24) is 25.7 Å². The monoisotopic (exact) mass is 431 g/mol. The summed E-state index contributed by atoms with van der Waals surface area (Å²) >= 11 is 0. The first kappa shape index (κ1) is 19.9. The van der Waals surface area contributed by atoms with Crippen LogP contribution < -0.4 is 10.6 Å². The molecule has 9 nitrogen and oxygen atoms in total. The zero-order chi connectivity index (χ0) is 22.4. The number of nitrogens with one attached hydrogen (secondary N) is 3. The van der Waals surface area contributed by atoms with Crippen LogP contribution in [0.4, 0.5) is 0 Å². The predicted octanol–water partition coefficient (Wildman–Crippen LogP) is 1.56. The summed E-state index contributed by atoms with van der Waals surface area (Å²) < 4.78 is 0. The van der Waals surface area contributed by atoms with Crippen molar-refractivity contribution < 1.29 is 19.2 Å². The molecule has 32 heavy (non-hydrogen) atoms. The summed E-state index contributed by atoms with van der Waals surface area (Å²) in [6.45, 7) is 2.53. The van der Waals surface area contributed by atoms with Gasteiger partial charge in [-0.3, -0.25) is 29.6 Å². The second-order valence-corrected chi connectivity index (χ2v) is 8.20. The van der Waals surface area contributed by atoms with Crippen LogP contribution in [0.15, 0.2) is 36.4 Å². The zero-order valence-corrected chi connectivity index (χ0v) is 17.4. The van der Waals surface area contributed by atoms with Gasteiger partial charge < -0.3 is 10.2 Å². The number of amides is 4. The quantitative estimate of drug-likeness (QED) is 0.541. The third-order valence-electron chi connectivity index (χ3n) is 5.98. The highest BCUT2D eigenvalue weighted by atomic mass is 16.2. The molecule has 3 aromatic rings. The molecule has 2 aromatic carbocycles. The SMILES string of the molecule is Cc1ccc2c(C(=O)NCc3ccc4c(c3)C(=O)N(C3CCC(=O)NC3=O)C4)n[nH]c2c1. The van der Waals surface area contributed by atoms with Gasteiger partial charge in [-0.1, -0.05) is 24.3 Å². The number of aromatic amines is 1. The Labute approximate surface area is 183 Å². The number of aryl methyl sites for hydroxylation is 1. The van der Waals surface area contributed by atoms with E-state index in [0.29, 0.717) is 24.2 Å². The Balaban J connectivity index is 1.29. The first-order chi connectivity index (χ1) is 15.4. The molecule has 1 saturated heterocycles. The van der Waals surface area contributed by atoms with Crippen LogP contribution in [0.2, 0.25) is 0 Å². The van der Waals surface area contributed by atoms with Crippen LogP contribution in [0.25, 0.3) is 10.9 Å². The molecule has 1 unspecified atom stereocenters. The van der Waals surface area contributed by atoms with E-state index in [-0.39, 0.29) is 30.7 Å². The molecular formula is C23H21N5O4. The van der Waals surface area contributed by atoms with E-state index in [1.165, 1.54) is 4.90 Å². The maximum Gasteiger partial charge on any atom is 0.272 e. The van der Waals surface area contributed by atoms with Gasteiger partial charge in [0, 0.05) is 30.5 Å². The Morgan fingerprint density at radius 1 is 1.19 bits per heavy atom. The summed E-state index contributed by atoms with van der Waals surface area (Å²) in [4.78, 5) is 50.7. The third kappa shape index (κ3) is 3.41. The molecule has 162 valence electrons. The molecule has 2 aliphatic rings. The number of carbonyl (C=O) groups is 4. The number of piperidine rings is 1. The lowest BCUT2D eigenvalue weighted by molar-refractivity contribution is -0.136. The fraction of sp³-hybridized carbons (Fsp3) is 0.261. The van der Waals surface area contributed by atoms with E-state index < -0.39 is 11.9 Å². The van der Waals surface area contributed by atoms with Crippen LogP contribution in [0.3, 0.4) is 0 Å². The van der Waals surface area contributed by atoms with Gasteiger partial charge in [-0.15, -0.1) is 0 Å². The summed E-state index contributed by atoms with van der Waals surface area (Å²) in [5.74, 6) is -1.29. The number of fused-ring (bicyclic) bond motifs is 2. The van der Waals surface area contributed by atoms with E-state index in [2.05, 4.69) is 20.8 Å². The summed E-state index contributed by atoms with van der Waals surface area (Å²) in [6, 6.07) is 10.5. The van der Waals surface area contributed by atoms with Crippen molar-refractivity contribution >= 4 is 34.5 Å². The van der Waals surface area contributed by atoms with Crippen molar-refractivity contribution in [3.8, 4) is 0 Å². The second-order valence-electron chi connectivity index (χ2n) is 8.20. The molecule has 0 aliphatic carbocycles. The molecule has 5 rings (SSSR count). The van der Waals surface area contributed by atoms with Crippen LogP contribution in [-0.4, -0.2) is 44.8 Å². The molecule has 9 heteroatoms. The lowest BCUT2D eigenvalue weighted by Gasteiger charge is -2.29. The van der Waals surface area contributed by atoms with Gasteiger partial charge in [0.1, 0.15) is 6.04 Å². The number of imide groups is 1. The summed E-state index contributed by atoms with van der Waals surface area (Å²) in [6.07, 6.45) is 0.541. The van der Waals surface area contributed by atoms with Crippen molar-refractivity contribution in [3.63, 3.8) is 0 Å². The number of hydrogen-bond acceptors (Lipinski definition) is 5. The minimum Gasteiger partial charge on any atom is -0.347 e. The minimum atomic E-state index is -0.646. The van der Waals surface area contributed by atoms with Crippen LogP contribution in [0.1, 0.15) is 50.4 Å². The normalized spacial score (nSPS) is 18.1. The van der Waals surface area contributed by atoms with Crippen molar-refractivity contribution in [2.45, 2.75) is 38.9 Å². The number of benzene rings is 2. The molecule has 0 bridgehead atoms. The third-order valence-corrected chi connectivity index (χ3v) is 5.98. The average molecular weight is 431 g/mol. The van der Waals surface area contributed by atoms with E-state index in [9.17, 15) is 19.2 Å². The number of hydrogen-bond donors (Lipinski definition) is 3. The molecule has 3 N–H and O–H groups in total. The Hall–Kier alpha value is -4.01. The number of H-pyrrole nitrogens is 1. The Bertz CT molecular complexity index is 1290. The number of rotatable bonds is 4. The van der Waals surface area contributed by atoms with Crippen molar-refractivity contribution in [3.05, 3.63) is 64.3 Å². The van der Waals surface area contributed by atoms with Crippen LogP contribution >= 0.6 is 0 Å². The molecule has 4 amide bonds. The molecule has 0 radical (unpaired) electrons.